The summed E-state index contributed by atoms with van der Waals surface area (Å²) in [4.78, 5) is 0. The third-order valence-electron chi connectivity index (χ3n) is 8.29. The number of benzene rings is 4. The van der Waals surface area contributed by atoms with Crippen molar-refractivity contribution in [2.45, 2.75) is 85.5 Å². The first kappa shape index (κ1) is 30.6. The maximum Gasteiger partial charge on any atom is 0.0788 e. The maximum absolute atomic E-state index is 7.11. The molecule has 0 unspecified atom stereocenters. The smallest absolute Gasteiger partial charge is 0.0788 e. The fraction of sp³-hybridized carbons (Fsp3) is 0.333. The van der Waals surface area contributed by atoms with E-state index in [1.807, 2.05) is 0 Å². The minimum absolute atomic E-state index is 0.0161. The molecule has 0 fully saturated rings. The summed E-state index contributed by atoms with van der Waals surface area (Å²) in [6.45, 7) is 22.6. The molecule has 218 valence electrons. The summed E-state index contributed by atoms with van der Waals surface area (Å²) in [5.41, 5.74) is 12.2. The van der Waals surface area contributed by atoms with Crippen molar-refractivity contribution in [3.63, 3.8) is 0 Å². The van der Waals surface area contributed by atoms with Gasteiger partial charge in [-0.15, -0.1) is 0 Å². The highest BCUT2D eigenvalue weighted by Gasteiger charge is 2.26. The summed E-state index contributed by atoms with van der Waals surface area (Å²) in [6, 6.07) is 29.5. The predicted octanol–water partition coefficient (Wildman–Crippen LogP) is 12.6. The molecule has 1 aromatic heterocycles. The van der Waals surface area contributed by atoms with E-state index < -0.39 is 0 Å². The minimum atomic E-state index is 0.0161. The number of rotatable bonds is 3. The molecule has 0 aliphatic carbocycles. The molecule has 3 heteroatoms. The van der Waals surface area contributed by atoms with Gasteiger partial charge in [0.1, 0.15) is 0 Å². The number of hydrogen-bond donors (Lipinski definition) is 0. The van der Waals surface area contributed by atoms with Crippen LogP contribution in [0.1, 0.15) is 84.6 Å². The molecule has 5 rings (SSSR count). The molecular formula is C39H43BrClN. The minimum Gasteiger partial charge on any atom is -0.307 e. The van der Waals surface area contributed by atoms with Gasteiger partial charge in [0.25, 0.3) is 0 Å². The summed E-state index contributed by atoms with van der Waals surface area (Å²) in [7, 11) is 0. The fourth-order valence-corrected chi connectivity index (χ4v) is 6.47. The molecule has 0 amide bonds. The van der Waals surface area contributed by atoms with Crippen molar-refractivity contribution in [2.75, 3.05) is 0 Å². The van der Waals surface area contributed by atoms with Crippen LogP contribution >= 0.6 is 27.5 Å². The Kier molecular flexibility index (Phi) is 7.82. The molecule has 42 heavy (non-hydrogen) atoms. The number of halogens is 2. The molecule has 0 saturated heterocycles. The van der Waals surface area contributed by atoms with E-state index in [0.29, 0.717) is 5.02 Å². The van der Waals surface area contributed by atoms with Gasteiger partial charge in [-0.2, -0.15) is 0 Å². The van der Waals surface area contributed by atoms with Crippen LogP contribution in [0.2, 0.25) is 5.02 Å². The van der Waals surface area contributed by atoms with E-state index in [-0.39, 0.29) is 16.2 Å². The van der Waals surface area contributed by atoms with Crippen LogP contribution in [0.5, 0.6) is 0 Å². The molecule has 5 aromatic rings. The van der Waals surface area contributed by atoms with Gasteiger partial charge >= 0.3 is 0 Å². The Hall–Kier alpha value is -2.81. The molecule has 0 atom stereocenters. The average Bonchev–Trinajstić information content (AvgIpc) is 3.23. The second kappa shape index (κ2) is 10.7. The van der Waals surface area contributed by atoms with Gasteiger partial charge in [0.2, 0.25) is 0 Å². The first-order valence-electron chi connectivity index (χ1n) is 14.8. The molecule has 1 nitrogen and oxygen atoms in total. The quantitative estimate of drug-likeness (QED) is 0.185. The lowest BCUT2D eigenvalue weighted by Gasteiger charge is -2.21. The third-order valence-corrected chi connectivity index (χ3v) is 9.54. The predicted molar refractivity (Wildman–Crippen MR) is 188 cm³/mol. The number of hydrogen-bond acceptors (Lipinski definition) is 0. The van der Waals surface area contributed by atoms with Gasteiger partial charge in [-0.05, 0) is 96.7 Å². The molecule has 0 spiro atoms. The number of aryl methyl sites for hydroxylation is 1. The fourth-order valence-electron chi connectivity index (χ4n) is 5.71. The molecule has 0 N–H and O–H groups in total. The normalized spacial score (nSPS) is 12.8. The summed E-state index contributed by atoms with van der Waals surface area (Å²) in [5, 5.41) is 1.94. The summed E-state index contributed by atoms with van der Waals surface area (Å²) in [5.74, 6) is 0. The van der Waals surface area contributed by atoms with Crippen molar-refractivity contribution in [3.05, 3.63) is 111 Å². The first-order chi connectivity index (χ1) is 19.5. The van der Waals surface area contributed by atoms with Crippen molar-refractivity contribution >= 4 is 38.4 Å². The molecule has 0 aliphatic rings. The molecule has 1 heterocycles. The first-order valence-corrected chi connectivity index (χ1v) is 16.0. The van der Waals surface area contributed by atoms with Crippen molar-refractivity contribution in [1.29, 1.82) is 0 Å². The van der Waals surface area contributed by atoms with Crippen molar-refractivity contribution in [2.24, 2.45) is 0 Å². The Morgan fingerprint density at radius 3 is 1.57 bits per heavy atom. The SMILES string of the molecule is Cc1cc(Br)c(Cl)c(-n2c(-c3ccc(C(C)(C)C)cc3)c(-c3ccc(C(C)(C)C)cc3)c3cc(C(C)(C)C)ccc32)c1. The van der Waals surface area contributed by atoms with Gasteiger partial charge in [-0.1, -0.05) is 129 Å². The zero-order chi connectivity index (χ0) is 30.8. The molecular weight excluding hydrogens is 598 g/mol. The molecule has 0 saturated carbocycles. The Bertz CT molecular complexity index is 1770. The van der Waals surface area contributed by atoms with Crippen molar-refractivity contribution < 1.29 is 0 Å². The number of nitrogens with zero attached hydrogens (tertiary/aromatic N) is 1. The lowest BCUT2D eigenvalue weighted by atomic mass is 9.84. The van der Waals surface area contributed by atoms with E-state index in [1.165, 1.54) is 38.8 Å². The van der Waals surface area contributed by atoms with Crippen LogP contribution in [0.25, 0.3) is 39.0 Å². The zero-order valence-corrected chi connectivity index (χ0v) is 29.1. The monoisotopic (exact) mass is 639 g/mol. The maximum atomic E-state index is 7.11. The second-order valence-electron chi connectivity index (χ2n) is 14.8. The summed E-state index contributed by atoms with van der Waals surface area (Å²) in [6.07, 6.45) is 0. The average molecular weight is 641 g/mol. The zero-order valence-electron chi connectivity index (χ0n) is 26.7. The van der Waals surface area contributed by atoms with E-state index in [2.05, 4.69) is 169 Å². The Morgan fingerprint density at radius 2 is 1.07 bits per heavy atom. The van der Waals surface area contributed by atoms with Gasteiger partial charge < -0.3 is 4.57 Å². The van der Waals surface area contributed by atoms with Crippen LogP contribution in [0.3, 0.4) is 0 Å². The largest absolute Gasteiger partial charge is 0.307 e. The van der Waals surface area contributed by atoms with E-state index in [4.69, 9.17) is 11.6 Å². The van der Waals surface area contributed by atoms with Crippen LogP contribution in [0.4, 0.5) is 0 Å². The van der Waals surface area contributed by atoms with E-state index >= 15 is 0 Å². The highest BCUT2D eigenvalue weighted by Crippen LogP contribution is 2.46. The van der Waals surface area contributed by atoms with Crippen LogP contribution in [0, 0.1) is 6.92 Å². The van der Waals surface area contributed by atoms with Gasteiger partial charge in [0, 0.05) is 15.4 Å². The van der Waals surface area contributed by atoms with Gasteiger partial charge in [-0.3, -0.25) is 0 Å². The standard InChI is InChI=1S/C39H43BrClN/c1-24-21-31(40)35(41)33(22-24)42-32-20-19-29(39(8,9)10)23-30(32)34(25-11-15-27(16-12-25)37(2,3)4)36(42)26-13-17-28(18-14-26)38(5,6)7/h11-23H,1-10H3. The van der Waals surface area contributed by atoms with E-state index in [0.717, 1.165) is 26.9 Å². The van der Waals surface area contributed by atoms with Gasteiger partial charge in [0.05, 0.1) is 21.9 Å². The van der Waals surface area contributed by atoms with Crippen molar-refractivity contribution in [1.82, 2.24) is 4.57 Å². The van der Waals surface area contributed by atoms with E-state index in [1.54, 1.807) is 0 Å². The molecule has 0 radical (unpaired) electrons. The van der Waals surface area contributed by atoms with Crippen LogP contribution < -0.4 is 0 Å². The molecule has 0 bridgehead atoms. The van der Waals surface area contributed by atoms with Gasteiger partial charge in [-0.25, -0.2) is 0 Å². The molecule has 4 aromatic carbocycles. The Labute approximate surface area is 266 Å². The summed E-state index contributed by atoms with van der Waals surface area (Å²) >= 11 is 10.8. The Morgan fingerprint density at radius 1 is 0.595 bits per heavy atom. The van der Waals surface area contributed by atoms with Crippen molar-refractivity contribution in [3.8, 4) is 28.1 Å². The lowest BCUT2D eigenvalue weighted by molar-refractivity contribution is 0.590. The topological polar surface area (TPSA) is 4.93 Å². The number of aromatic nitrogens is 1. The van der Waals surface area contributed by atoms with Gasteiger partial charge in [0.15, 0.2) is 0 Å². The third kappa shape index (κ3) is 5.73. The second-order valence-corrected chi connectivity index (χ2v) is 16.0. The van der Waals surface area contributed by atoms with E-state index in [9.17, 15) is 0 Å². The number of fused-ring (bicyclic) bond motifs is 1. The Balaban J connectivity index is 1.95. The highest BCUT2D eigenvalue weighted by molar-refractivity contribution is 9.10. The van der Waals surface area contributed by atoms with Crippen LogP contribution in [-0.4, -0.2) is 4.57 Å². The van der Waals surface area contributed by atoms with Crippen LogP contribution in [0.15, 0.2) is 83.3 Å². The van der Waals surface area contributed by atoms with Crippen LogP contribution in [-0.2, 0) is 16.2 Å². The summed E-state index contributed by atoms with van der Waals surface area (Å²) < 4.78 is 3.28. The molecule has 0 aliphatic heterocycles. The lowest BCUT2D eigenvalue weighted by Crippen LogP contribution is -2.10. The highest BCUT2D eigenvalue weighted by atomic mass is 79.9.